The number of aryl methyl sites for hydroxylation is 2. The average molecular weight is 309 g/mol. The predicted octanol–water partition coefficient (Wildman–Crippen LogP) is 6.19. The number of aromatic nitrogens is 1. The molecule has 1 nitrogen and oxygen atoms in total. The maximum absolute atomic E-state index is 4.68. The first-order valence-corrected chi connectivity index (χ1v) is 8.23. The lowest BCUT2D eigenvalue weighted by Crippen LogP contribution is -1.89. The molecule has 0 fully saturated rings. The van der Waals surface area contributed by atoms with Crippen LogP contribution in [0.15, 0.2) is 79.0 Å². The fourth-order valence-corrected chi connectivity index (χ4v) is 3.24. The number of rotatable bonds is 2. The molecule has 0 spiro atoms. The van der Waals surface area contributed by atoms with Crippen LogP contribution >= 0.6 is 0 Å². The largest absolute Gasteiger partial charge is 0.256 e. The van der Waals surface area contributed by atoms with E-state index in [9.17, 15) is 0 Å². The Bertz CT molecular complexity index is 1020. The van der Waals surface area contributed by atoms with Gasteiger partial charge in [0.15, 0.2) is 0 Å². The van der Waals surface area contributed by atoms with Gasteiger partial charge in [0.05, 0.1) is 5.69 Å². The van der Waals surface area contributed by atoms with Crippen LogP contribution in [-0.2, 0) is 0 Å². The summed E-state index contributed by atoms with van der Waals surface area (Å²) in [6.07, 6.45) is 1.90. The Balaban J connectivity index is 1.93. The average Bonchev–Trinajstić information content (AvgIpc) is 2.61. The van der Waals surface area contributed by atoms with Gasteiger partial charge < -0.3 is 0 Å². The molecule has 0 radical (unpaired) electrons. The summed E-state index contributed by atoms with van der Waals surface area (Å²) in [7, 11) is 0. The summed E-state index contributed by atoms with van der Waals surface area (Å²) in [6.45, 7) is 4.27. The van der Waals surface area contributed by atoms with Crippen LogP contribution in [0.3, 0.4) is 0 Å². The van der Waals surface area contributed by atoms with Crippen LogP contribution in [0.1, 0.15) is 11.1 Å². The van der Waals surface area contributed by atoms with Gasteiger partial charge in [0.1, 0.15) is 0 Å². The van der Waals surface area contributed by atoms with Crippen LogP contribution < -0.4 is 0 Å². The van der Waals surface area contributed by atoms with Crippen molar-refractivity contribution in [3.63, 3.8) is 0 Å². The Morgan fingerprint density at radius 1 is 0.625 bits per heavy atom. The molecule has 0 unspecified atom stereocenters. The first kappa shape index (κ1) is 14.6. The third-order valence-electron chi connectivity index (χ3n) is 4.38. The zero-order valence-corrected chi connectivity index (χ0v) is 14.0. The lowest BCUT2D eigenvalue weighted by Gasteiger charge is -2.10. The molecule has 4 rings (SSSR count). The van der Waals surface area contributed by atoms with Gasteiger partial charge in [0.25, 0.3) is 0 Å². The van der Waals surface area contributed by atoms with Gasteiger partial charge in [0.2, 0.25) is 0 Å². The van der Waals surface area contributed by atoms with E-state index in [0.717, 1.165) is 5.69 Å². The van der Waals surface area contributed by atoms with Crippen molar-refractivity contribution >= 4 is 10.8 Å². The Morgan fingerprint density at radius 3 is 2.25 bits per heavy atom. The van der Waals surface area contributed by atoms with Crippen LogP contribution in [0.4, 0.5) is 0 Å². The molecule has 0 aliphatic rings. The smallest absolute Gasteiger partial charge is 0.0780 e. The number of nitrogens with zero attached hydrogens (tertiary/aromatic N) is 1. The first-order valence-electron chi connectivity index (χ1n) is 8.23. The van der Waals surface area contributed by atoms with E-state index in [2.05, 4.69) is 91.6 Å². The van der Waals surface area contributed by atoms with Crippen molar-refractivity contribution in [2.75, 3.05) is 0 Å². The molecule has 3 aromatic carbocycles. The fraction of sp³-hybridized carbons (Fsp3) is 0.0870. The Hall–Kier alpha value is -2.93. The van der Waals surface area contributed by atoms with Crippen LogP contribution in [0, 0.1) is 13.8 Å². The molecule has 116 valence electrons. The van der Waals surface area contributed by atoms with E-state index in [-0.39, 0.29) is 0 Å². The molecule has 0 atom stereocenters. The van der Waals surface area contributed by atoms with Crippen LogP contribution in [-0.4, -0.2) is 4.98 Å². The van der Waals surface area contributed by atoms with Crippen molar-refractivity contribution in [3.05, 3.63) is 90.1 Å². The quantitative estimate of drug-likeness (QED) is 0.430. The molecule has 1 heterocycles. The first-order chi connectivity index (χ1) is 11.7. The number of hydrogen-bond donors (Lipinski definition) is 0. The van der Waals surface area contributed by atoms with E-state index < -0.39 is 0 Å². The molecule has 0 saturated heterocycles. The van der Waals surface area contributed by atoms with Gasteiger partial charge in [-0.25, -0.2) is 0 Å². The Morgan fingerprint density at radius 2 is 1.42 bits per heavy atom. The van der Waals surface area contributed by atoms with Crippen LogP contribution in [0.25, 0.3) is 33.2 Å². The van der Waals surface area contributed by atoms with E-state index in [4.69, 9.17) is 0 Å². The number of pyridine rings is 1. The highest BCUT2D eigenvalue weighted by atomic mass is 14.7. The van der Waals surface area contributed by atoms with Crippen molar-refractivity contribution in [1.29, 1.82) is 0 Å². The van der Waals surface area contributed by atoms with Crippen LogP contribution in [0.2, 0.25) is 0 Å². The van der Waals surface area contributed by atoms with Gasteiger partial charge >= 0.3 is 0 Å². The normalized spacial score (nSPS) is 10.9. The summed E-state index contributed by atoms with van der Waals surface area (Å²) in [6, 6.07) is 25.8. The molecule has 0 saturated carbocycles. The van der Waals surface area contributed by atoms with Crippen molar-refractivity contribution < 1.29 is 0 Å². The summed E-state index contributed by atoms with van der Waals surface area (Å²) in [5.74, 6) is 0. The number of benzene rings is 3. The third kappa shape index (κ3) is 2.69. The topological polar surface area (TPSA) is 12.9 Å². The molecule has 24 heavy (non-hydrogen) atoms. The fourth-order valence-electron chi connectivity index (χ4n) is 3.24. The minimum Gasteiger partial charge on any atom is -0.256 e. The number of hydrogen-bond acceptors (Lipinski definition) is 1. The van der Waals surface area contributed by atoms with Crippen LogP contribution in [0.5, 0.6) is 0 Å². The van der Waals surface area contributed by atoms with Gasteiger partial charge in [-0.15, -0.1) is 0 Å². The van der Waals surface area contributed by atoms with E-state index in [1.54, 1.807) is 0 Å². The second kappa shape index (κ2) is 5.93. The molecule has 0 aliphatic heterocycles. The molecule has 1 heteroatoms. The van der Waals surface area contributed by atoms with E-state index in [1.165, 1.54) is 38.6 Å². The highest BCUT2D eigenvalue weighted by molar-refractivity contribution is 5.95. The van der Waals surface area contributed by atoms with E-state index >= 15 is 0 Å². The molecule has 0 amide bonds. The molecule has 0 N–H and O–H groups in total. The van der Waals surface area contributed by atoms with E-state index in [0.29, 0.717) is 0 Å². The molecule has 4 aromatic rings. The van der Waals surface area contributed by atoms with Crippen molar-refractivity contribution in [3.8, 4) is 22.4 Å². The van der Waals surface area contributed by atoms with Crippen molar-refractivity contribution in [1.82, 2.24) is 4.98 Å². The highest BCUT2D eigenvalue weighted by Crippen LogP contribution is 2.31. The van der Waals surface area contributed by atoms with Crippen molar-refractivity contribution in [2.45, 2.75) is 13.8 Å². The Kier molecular flexibility index (Phi) is 3.62. The maximum atomic E-state index is 4.68. The Labute approximate surface area is 142 Å². The summed E-state index contributed by atoms with van der Waals surface area (Å²) in [5.41, 5.74) is 7.21. The molecule has 0 bridgehead atoms. The van der Waals surface area contributed by atoms with E-state index in [1.807, 2.05) is 6.20 Å². The molecule has 0 aliphatic carbocycles. The number of fused-ring (bicyclic) bond motifs is 1. The zero-order valence-electron chi connectivity index (χ0n) is 14.0. The van der Waals surface area contributed by atoms with Gasteiger partial charge in [-0.1, -0.05) is 60.2 Å². The highest BCUT2D eigenvalue weighted by Gasteiger charge is 2.08. The predicted molar refractivity (Wildman–Crippen MR) is 102 cm³/mol. The summed E-state index contributed by atoms with van der Waals surface area (Å²) >= 11 is 0. The standard InChI is InChI=1S/C23H19N/c1-16-8-9-22-19(12-16)10-11-24-23(22)21-14-17(2)13-20(15-21)18-6-4-3-5-7-18/h3-15H,1-2H3. The monoisotopic (exact) mass is 309 g/mol. The molecular formula is C23H19N. The lowest BCUT2D eigenvalue weighted by atomic mass is 9.96. The second-order valence-corrected chi connectivity index (χ2v) is 6.34. The van der Waals surface area contributed by atoms with Gasteiger partial charge in [-0.3, -0.25) is 4.98 Å². The van der Waals surface area contributed by atoms with Crippen molar-refractivity contribution in [2.24, 2.45) is 0 Å². The zero-order chi connectivity index (χ0) is 16.5. The lowest BCUT2D eigenvalue weighted by molar-refractivity contribution is 1.34. The van der Waals surface area contributed by atoms with Gasteiger partial charge in [0, 0.05) is 17.1 Å². The van der Waals surface area contributed by atoms with Gasteiger partial charge in [-0.05, 0) is 54.1 Å². The third-order valence-corrected chi connectivity index (χ3v) is 4.38. The minimum atomic E-state index is 1.05. The van der Waals surface area contributed by atoms with Gasteiger partial charge in [-0.2, -0.15) is 0 Å². The second-order valence-electron chi connectivity index (χ2n) is 6.34. The maximum Gasteiger partial charge on any atom is 0.0780 e. The minimum absolute atomic E-state index is 1.05. The summed E-state index contributed by atoms with van der Waals surface area (Å²) < 4.78 is 0. The summed E-state index contributed by atoms with van der Waals surface area (Å²) in [5, 5.41) is 2.44. The SMILES string of the molecule is Cc1cc(-c2ccccc2)cc(-c2nccc3cc(C)ccc23)c1. The molecule has 1 aromatic heterocycles. The summed E-state index contributed by atoms with van der Waals surface area (Å²) in [4.78, 5) is 4.68. The molecular weight excluding hydrogens is 290 g/mol.